The standard InChI is InChI=1S/C6H8ClN3/c7-6-9-8-4-10(6)5-2-1-3-5/h4-5H,1-3H2. The molecule has 0 saturated heterocycles. The van der Waals surface area contributed by atoms with Crippen LogP contribution in [0.3, 0.4) is 0 Å². The van der Waals surface area contributed by atoms with Crippen LogP contribution in [-0.4, -0.2) is 14.8 Å². The third-order valence-electron chi connectivity index (χ3n) is 2.00. The van der Waals surface area contributed by atoms with Gasteiger partial charge in [0.05, 0.1) is 0 Å². The van der Waals surface area contributed by atoms with Crippen molar-refractivity contribution in [2.24, 2.45) is 0 Å². The Hall–Kier alpha value is -0.570. The van der Waals surface area contributed by atoms with Gasteiger partial charge in [-0.2, -0.15) is 0 Å². The molecule has 3 nitrogen and oxygen atoms in total. The highest BCUT2D eigenvalue weighted by Gasteiger charge is 2.20. The maximum absolute atomic E-state index is 5.74. The van der Waals surface area contributed by atoms with Gasteiger partial charge in [0, 0.05) is 6.04 Å². The first-order valence-electron chi connectivity index (χ1n) is 3.43. The van der Waals surface area contributed by atoms with Gasteiger partial charge in [0.1, 0.15) is 6.33 Å². The van der Waals surface area contributed by atoms with Gasteiger partial charge < -0.3 is 4.57 Å². The van der Waals surface area contributed by atoms with Crippen LogP contribution in [0.2, 0.25) is 5.28 Å². The van der Waals surface area contributed by atoms with Crippen LogP contribution in [0, 0.1) is 0 Å². The summed E-state index contributed by atoms with van der Waals surface area (Å²) in [6.45, 7) is 0. The van der Waals surface area contributed by atoms with Crippen molar-refractivity contribution in [2.75, 3.05) is 0 Å². The molecule has 0 radical (unpaired) electrons. The van der Waals surface area contributed by atoms with E-state index in [1.165, 1.54) is 19.3 Å². The van der Waals surface area contributed by atoms with Crippen molar-refractivity contribution in [2.45, 2.75) is 25.3 Å². The van der Waals surface area contributed by atoms with Gasteiger partial charge in [-0.15, -0.1) is 10.2 Å². The zero-order valence-electron chi connectivity index (χ0n) is 5.50. The molecule has 0 atom stereocenters. The normalized spacial score (nSPS) is 18.9. The molecule has 0 unspecified atom stereocenters. The molecule has 1 fully saturated rings. The van der Waals surface area contributed by atoms with Crippen molar-refractivity contribution >= 4 is 11.6 Å². The fourth-order valence-electron chi connectivity index (χ4n) is 1.14. The molecule has 1 aliphatic carbocycles. The van der Waals surface area contributed by atoms with Gasteiger partial charge in [-0.05, 0) is 30.9 Å². The molecule has 0 aromatic carbocycles. The Labute approximate surface area is 64.0 Å². The van der Waals surface area contributed by atoms with Crippen LogP contribution in [0.15, 0.2) is 6.33 Å². The number of aromatic nitrogens is 3. The van der Waals surface area contributed by atoms with Crippen molar-refractivity contribution in [3.8, 4) is 0 Å². The van der Waals surface area contributed by atoms with Crippen molar-refractivity contribution < 1.29 is 0 Å². The molecular formula is C6H8ClN3. The number of hydrogen-bond donors (Lipinski definition) is 0. The summed E-state index contributed by atoms with van der Waals surface area (Å²) in [6, 6.07) is 0.572. The van der Waals surface area contributed by atoms with Crippen LogP contribution in [-0.2, 0) is 0 Å². The Morgan fingerprint density at radius 1 is 1.60 bits per heavy atom. The fraction of sp³-hybridized carbons (Fsp3) is 0.667. The molecule has 0 N–H and O–H groups in total. The van der Waals surface area contributed by atoms with Crippen LogP contribution < -0.4 is 0 Å². The molecule has 54 valence electrons. The van der Waals surface area contributed by atoms with Crippen molar-refractivity contribution in [1.82, 2.24) is 14.8 Å². The number of halogens is 1. The fourth-order valence-corrected chi connectivity index (χ4v) is 1.36. The van der Waals surface area contributed by atoms with Gasteiger partial charge in [0.15, 0.2) is 0 Å². The van der Waals surface area contributed by atoms with E-state index in [0.717, 1.165) is 0 Å². The number of rotatable bonds is 1. The van der Waals surface area contributed by atoms with Gasteiger partial charge in [-0.3, -0.25) is 0 Å². The molecule has 1 aromatic heterocycles. The second-order valence-corrected chi connectivity index (χ2v) is 2.93. The highest BCUT2D eigenvalue weighted by molar-refractivity contribution is 6.28. The highest BCUT2D eigenvalue weighted by atomic mass is 35.5. The van der Waals surface area contributed by atoms with Gasteiger partial charge in [-0.25, -0.2) is 0 Å². The topological polar surface area (TPSA) is 30.7 Å². The van der Waals surface area contributed by atoms with Gasteiger partial charge in [-0.1, -0.05) is 0 Å². The third kappa shape index (κ3) is 0.814. The Morgan fingerprint density at radius 2 is 2.40 bits per heavy atom. The number of nitrogens with zero attached hydrogens (tertiary/aromatic N) is 3. The molecular weight excluding hydrogens is 150 g/mol. The Morgan fingerprint density at radius 3 is 2.80 bits per heavy atom. The molecule has 1 aliphatic rings. The monoisotopic (exact) mass is 157 g/mol. The van der Waals surface area contributed by atoms with E-state index in [-0.39, 0.29) is 0 Å². The summed E-state index contributed by atoms with van der Waals surface area (Å²) >= 11 is 5.74. The van der Waals surface area contributed by atoms with Crippen LogP contribution in [0.5, 0.6) is 0 Å². The Bertz CT molecular complexity index is 229. The second kappa shape index (κ2) is 2.23. The van der Waals surface area contributed by atoms with E-state index in [1.807, 2.05) is 4.57 Å². The lowest BCUT2D eigenvalue weighted by Gasteiger charge is -2.26. The molecule has 2 rings (SSSR count). The maximum Gasteiger partial charge on any atom is 0.225 e. The van der Waals surface area contributed by atoms with Gasteiger partial charge in [0.25, 0.3) is 0 Å². The van der Waals surface area contributed by atoms with E-state index < -0.39 is 0 Å². The molecule has 0 bridgehead atoms. The molecule has 1 heterocycles. The highest BCUT2D eigenvalue weighted by Crippen LogP contribution is 2.32. The zero-order valence-corrected chi connectivity index (χ0v) is 6.25. The SMILES string of the molecule is Clc1nncn1C1CCC1. The average Bonchev–Trinajstić information content (AvgIpc) is 2.12. The molecule has 0 amide bonds. The quantitative estimate of drug-likeness (QED) is 0.621. The predicted octanol–water partition coefficient (Wildman–Crippen LogP) is 1.66. The largest absolute Gasteiger partial charge is 0.301 e. The summed E-state index contributed by atoms with van der Waals surface area (Å²) < 4.78 is 1.94. The van der Waals surface area contributed by atoms with E-state index in [2.05, 4.69) is 10.2 Å². The average molecular weight is 158 g/mol. The molecule has 0 aliphatic heterocycles. The van der Waals surface area contributed by atoms with Crippen LogP contribution >= 0.6 is 11.6 Å². The summed E-state index contributed by atoms with van der Waals surface area (Å²) in [5, 5.41) is 7.92. The first-order chi connectivity index (χ1) is 4.88. The van der Waals surface area contributed by atoms with Crippen molar-refractivity contribution in [3.63, 3.8) is 0 Å². The van der Waals surface area contributed by atoms with Crippen LogP contribution in [0.1, 0.15) is 25.3 Å². The minimum absolute atomic E-state index is 0.518. The van der Waals surface area contributed by atoms with Crippen molar-refractivity contribution in [3.05, 3.63) is 11.6 Å². The molecule has 1 saturated carbocycles. The lowest BCUT2D eigenvalue weighted by atomic mass is 9.93. The van der Waals surface area contributed by atoms with Gasteiger partial charge >= 0.3 is 0 Å². The second-order valence-electron chi connectivity index (χ2n) is 2.59. The van der Waals surface area contributed by atoms with E-state index in [0.29, 0.717) is 11.3 Å². The summed E-state index contributed by atoms with van der Waals surface area (Å²) in [5.74, 6) is 0. The summed E-state index contributed by atoms with van der Waals surface area (Å²) in [6.07, 6.45) is 5.45. The lowest BCUT2D eigenvalue weighted by Crippen LogP contribution is -2.16. The first kappa shape index (κ1) is 6.16. The van der Waals surface area contributed by atoms with E-state index >= 15 is 0 Å². The summed E-state index contributed by atoms with van der Waals surface area (Å²) in [5.41, 5.74) is 0. The van der Waals surface area contributed by atoms with E-state index in [4.69, 9.17) is 11.6 Å². The van der Waals surface area contributed by atoms with Gasteiger partial charge in [0.2, 0.25) is 5.28 Å². The lowest BCUT2D eigenvalue weighted by molar-refractivity contribution is 0.313. The van der Waals surface area contributed by atoms with Crippen molar-refractivity contribution in [1.29, 1.82) is 0 Å². The predicted molar refractivity (Wildman–Crippen MR) is 37.9 cm³/mol. The Kier molecular flexibility index (Phi) is 1.38. The minimum Gasteiger partial charge on any atom is -0.301 e. The Balaban J connectivity index is 2.23. The van der Waals surface area contributed by atoms with Crippen LogP contribution in [0.4, 0.5) is 0 Å². The first-order valence-corrected chi connectivity index (χ1v) is 3.81. The van der Waals surface area contributed by atoms with E-state index in [1.54, 1.807) is 6.33 Å². The van der Waals surface area contributed by atoms with Crippen LogP contribution in [0.25, 0.3) is 0 Å². The third-order valence-corrected chi connectivity index (χ3v) is 2.27. The number of hydrogen-bond acceptors (Lipinski definition) is 2. The molecule has 4 heteroatoms. The molecule has 0 spiro atoms. The minimum atomic E-state index is 0.518. The summed E-state index contributed by atoms with van der Waals surface area (Å²) in [4.78, 5) is 0. The molecule has 1 aromatic rings. The molecule has 10 heavy (non-hydrogen) atoms. The van der Waals surface area contributed by atoms with E-state index in [9.17, 15) is 0 Å². The smallest absolute Gasteiger partial charge is 0.225 e. The maximum atomic E-state index is 5.74. The zero-order chi connectivity index (χ0) is 6.97. The summed E-state index contributed by atoms with van der Waals surface area (Å²) in [7, 11) is 0.